The molecule has 0 atom stereocenters. The Labute approximate surface area is 113 Å². The minimum Gasteiger partial charge on any atom is -0.494 e. The summed E-state index contributed by atoms with van der Waals surface area (Å²) in [5.41, 5.74) is 3.69. The van der Waals surface area contributed by atoms with Crippen LogP contribution < -0.4 is 15.5 Å². The zero-order valence-electron chi connectivity index (χ0n) is 10.8. The van der Waals surface area contributed by atoms with Gasteiger partial charge in [0, 0.05) is 7.05 Å². The zero-order valence-corrected chi connectivity index (χ0v) is 11.6. The molecule has 1 aromatic rings. The van der Waals surface area contributed by atoms with Crippen LogP contribution >= 0.6 is 12.2 Å². The Bertz CT molecular complexity index is 390. The van der Waals surface area contributed by atoms with Crippen molar-refractivity contribution in [3.8, 4) is 5.75 Å². The second-order valence-corrected chi connectivity index (χ2v) is 4.13. The highest BCUT2D eigenvalue weighted by molar-refractivity contribution is 7.80. The third-order valence-corrected chi connectivity index (χ3v) is 2.55. The van der Waals surface area contributed by atoms with E-state index in [0.29, 0.717) is 5.11 Å². The summed E-state index contributed by atoms with van der Waals surface area (Å²) in [7, 11) is 1.74. The lowest BCUT2D eigenvalue weighted by Crippen LogP contribution is -2.28. The molecular formula is C13H19N3OS. The van der Waals surface area contributed by atoms with E-state index in [4.69, 9.17) is 17.0 Å². The second-order valence-electron chi connectivity index (χ2n) is 3.72. The first-order valence-electron chi connectivity index (χ1n) is 6.00. The van der Waals surface area contributed by atoms with Gasteiger partial charge in [0.2, 0.25) is 0 Å². The topological polar surface area (TPSA) is 45.6 Å². The van der Waals surface area contributed by atoms with E-state index in [1.54, 1.807) is 13.3 Å². The molecule has 0 aromatic heterocycles. The number of benzene rings is 1. The number of ether oxygens (including phenoxy) is 1. The third kappa shape index (κ3) is 5.63. The number of nitrogens with one attached hydrogen (secondary N) is 2. The molecule has 0 aliphatic carbocycles. The lowest BCUT2D eigenvalue weighted by Gasteiger charge is -2.05. The zero-order chi connectivity index (χ0) is 13.2. The monoisotopic (exact) mass is 265 g/mol. The molecule has 0 radical (unpaired) electrons. The van der Waals surface area contributed by atoms with Crippen molar-refractivity contribution in [3.63, 3.8) is 0 Å². The summed E-state index contributed by atoms with van der Waals surface area (Å²) < 4.78 is 5.57. The molecule has 0 saturated heterocycles. The lowest BCUT2D eigenvalue weighted by atomic mass is 10.2. The average Bonchev–Trinajstić information content (AvgIpc) is 2.40. The van der Waals surface area contributed by atoms with E-state index in [1.807, 2.05) is 24.3 Å². The normalized spacial score (nSPS) is 10.3. The summed E-state index contributed by atoms with van der Waals surface area (Å²) in [5, 5.41) is 7.26. The Morgan fingerprint density at radius 1 is 1.39 bits per heavy atom. The van der Waals surface area contributed by atoms with Gasteiger partial charge in [-0.1, -0.05) is 13.3 Å². The summed E-state index contributed by atoms with van der Waals surface area (Å²) in [6, 6.07) is 7.78. The summed E-state index contributed by atoms with van der Waals surface area (Å²) >= 11 is 4.89. The molecule has 0 heterocycles. The van der Waals surface area contributed by atoms with Crippen molar-refractivity contribution in [3.05, 3.63) is 29.8 Å². The van der Waals surface area contributed by atoms with Crippen LogP contribution in [0.15, 0.2) is 29.4 Å². The van der Waals surface area contributed by atoms with E-state index in [-0.39, 0.29) is 0 Å². The molecule has 2 N–H and O–H groups in total. The van der Waals surface area contributed by atoms with E-state index >= 15 is 0 Å². The van der Waals surface area contributed by atoms with Crippen molar-refractivity contribution in [1.82, 2.24) is 10.7 Å². The predicted molar refractivity (Wildman–Crippen MR) is 79.2 cm³/mol. The third-order valence-electron chi connectivity index (χ3n) is 2.25. The number of hydrazone groups is 1. The van der Waals surface area contributed by atoms with E-state index < -0.39 is 0 Å². The highest BCUT2D eigenvalue weighted by atomic mass is 32.1. The molecule has 0 bridgehead atoms. The quantitative estimate of drug-likeness (QED) is 0.358. The van der Waals surface area contributed by atoms with Gasteiger partial charge < -0.3 is 10.1 Å². The molecule has 1 rings (SSSR count). The highest BCUT2D eigenvalue weighted by Gasteiger charge is 1.93. The van der Waals surface area contributed by atoms with Gasteiger partial charge in [0.1, 0.15) is 5.75 Å². The minimum absolute atomic E-state index is 0.491. The van der Waals surface area contributed by atoms with Gasteiger partial charge in [-0.05, 0) is 48.5 Å². The van der Waals surface area contributed by atoms with Crippen LogP contribution in [0.25, 0.3) is 0 Å². The van der Waals surface area contributed by atoms with E-state index in [2.05, 4.69) is 22.8 Å². The molecule has 18 heavy (non-hydrogen) atoms. The summed E-state index contributed by atoms with van der Waals surface area (Å²) in [6.07, 6.45) is 3.93. The van der Waals surface area contributed by atoms with Crippen LogP contribution in [-0.4, -0.2) is 25.0 Å². The molecule has 0 fully saturated rings. The number of unbranched alkanes of at least 4 members (excludes halogenated alkanes) is 1. The first kappa shape index (κ1) is 14.4. The van der Waals surface area contributed by atoms with E-state index in [1.165, 1.54) is 0 Å². The molecular weight excluding hydrogens is 246 g/mol. The van der Waals surface area contributed by atoms with Crippen LogP contribution in [0.4, 0.5) is 0 Å². The fourth-order valence-electron chi connectivity index (χ4n) is 1.21. The Morgan fingerprint density at radius 2 is 2.11 bits per heavy atom. The highest BCUT2D eigenvalue weighted by Crippen LogP contribution is 2.11. The number of nitrogens with zero attached hydrogens (tertiary/aromatic N) is 1. The molecule has 5 heteroatoms. The Balaban J connectivity index is 2.42. The molecule has 0 aliphatic rings. The van der Waals surface area contributed by atoms with Gasteiger partial charge in [-0.25, -0.2) is 0 Å². The molecule has 0 amide bonds. The van der Waals surface area contributed by atoms with E-state index in [0.717, 1.165) is 30.8 Å². The van der Waals surface area contributed by atoms with Gasteiger partial charge in [-0.15, -0.1) is 0 Å². The molecule has 1 aromatic carbocycles. The number of rotatable bonds is 6. The maximum atomic E-state index is 5.57. The van der Waals surface area contributed by atoms with Gasteiger partial charge >= 0.3 is 0 Å². The molecule has 4 nitrogen and oxygen atoms in total. The van der Waals surface area contributed by atoms with Gasteiger partial charge in [0.25, 0.3) is 0 Å². The fourth-order valence-corrected chi connectivity index (χ4v) is 1.26. The lowest BCUT2D eigenvalue weighted by molar-refractivity contribution is 0.309. The Morgan fingerprint density at radius 3 is 2.72 bits per heavy atom. The number of hydrogen-bond donors (Lipinski definition) is 2. The van der Waals surface area contributed by atoms with Gasteiger partial charge in [0.15, 0.2) is 5.11 Å². The van der Waals surface area contributed by atoms with Crippen molar-refractivity contribution in [2.45, 2.75) is 19.8 Å². The second kappa shape index (κ2) is 8.47. The van der Waals surface area contributed by atoms with Crippen molar-refractivity contribution < 1.29 is 4.74 Å². The average molecular weight is 265 g/mol. The summed E-state index contributed by atoms with van der Waals surface area (Å²) in [6.45, 7) is 2.91. The van der Waals surface area contributed by atoms with Crippen LogP contribution in [0.1, 0.15) is 25.3 Å². The predicted octanol–water partition coefficient (Wildman–Crippen LogP) is 2.29. The number of hydrogen-bond acceptors (Lipinski definition) is 3. The minimum atomic E-state index is 0.491. The van der Waals surface area contributed by atoms with Crippen molar-refractivity contribution in [1.29, 1.82) is 0 Å². The first-order chi connectivity index (χ1) is 8.76. The maximum Gasteiger partial charge on any atom is 0.186 e. The fraction of sp³-hybridized carbons (Fsp3) is 0.385. The molecule has 0 unspecified atom stereocenters. The molecule has 98 valence electrons. The van der Waals surface area contributed by atoms with Crippen molar-refractivity contribution in [2.75, 3.05) is 13.7 Å². The molecule has 0 aliphatic heterocycles. The van der Waals surface area contributed by atoms with Crippen molar-refractivity contribution >= 4 is 23.5 Å². The molecule has 0 spiro atoms. The van der Waals surface area contributed by atoms with Gasteiger partial charge in [0.05, 0.1) is 12.8 Å². The smallest absolute Gasteiger partial charge is 0.186 e. The Hall–Kier alpha value is -1.62. The van der Waals surface area contributed by atoms with Crippen LogP contribution in [0, 0.1) is 0 Å². The van der Waals surface area contributed by atoms with Crippen LogP contribution in [0.2, 0.25) is 0 Å². The maximum absolute atomic E-state index is 5.57. The standard InChI is InChI=1S/C13H19N3OS/c1-3-4-9-17-12-7-5-11(6-8-12)10-15-16-13(18)14-2/h5-8,10H,3-4,9H2,1-2H3,(H2,14,16,18)/b15-10-. The van der Waals surface area contributed by atoms with Crippen molar-refractivity contribution in [2.24, 2.45) is 5.10 Å². The SMILES string of the molecule is CCCCOc1ccc(/C=N\NC(=S)NC)cc1. The van der Waals surface area contributed by atoms with Crippen LogP contribution in [-0.2, 0) is 0 Å². The molecule has 0 saturated carbocycles. The largest absolute Gasteiger partial charge is 0.494 e. The summed E-state index contributed by atoms with van der Waals surface area (Å²) in [5.74, 6) is 0.888. The number of thiocarbonyl (C=S) groups is 1. The van der Waals surface area contributed by atoms with Gasteiger partial charge in [-0.2, -0.15) is 5.10 Å². The van der Waals surface area contributed by atoms with Crippen LogP contribution in [0.5, 0.6) is 5.75 Å². The van der Waals surface area contributed by atoms with Gasteiger partial charge in [-0.3, -0.25) is 5.43 Å². The summed E-state index contributed by atoms with van der Waals surface area (Å²) in [4.78, 5) is 0. The Kier molecular flexibility index (Phi) is 6.79. The van der Waals surface area contributed by atoms with Crippen LogP contribution in [0.3, 0.4) is 0 Å². The van der Waals surface area contributed by atoms with E-state index in [9.17, 15) is 0 Å². The first-order valence-corrected chi connectivity index (χ1v) is 6.40.